The number of aromatic nitrogens is 1. The molecule has 1 atom stereocenters. The number of rotatable bonds is 5. The second-order valence-electron chi connectivity index (χ2n) is 3.39. The Kier molecular flexibility index (Phi) is 4.61. The third kappa shape index (κ3) is 3.70. The monoisotopic (exact) mass is 271 g/mol. The van der Waals surface area contributed by atoms with Crippen LogP contribution in [0.15, 0.2) is 18.5 Å². The second kappa shape index (κ2) is 5.97. The Morgan fingerprint density at radius 1 is 1.50 bits per heavy atom. The average Bonchev–Trinajstić information content (AvgIpc) is 2.27. The van der Waals surface area contributed by atoms with Gasteiger partial charge < -0.3 is 16.2 Å². The van der Waals surface area contributed by atoms with Gasteiger partial charge in [-0.05, 0) is 6.07 Å². The van der Waals surface area contributed by atoms with Crippen molar-refractivity contribution in [3.05, 3.63) is 29.0 Å². The van der Waals surface area contributed by atoms with Crippen molar-refractivity contribution in [1.82, 2.24) is 10.3 Å². The van der Waals surface area contributed by atoms with Gasteiger partial charge in [0, 0.05) is 12.4 Å². The van der Waals surface area contributed by atoms with Crippen molar-refractivity contribution in [1.29, 1.82) is 0 Å². The molecule has 96 valence electrons. The number of nitrogens with one attached hydrogen (secondary N) is 1. The fourth-order valence-corrected chi connectivity index (χ4v) is 1.37. The topological polar surface area (TPSA) is 122 Å². The first kappa shape index (κ1) is 13.9. The summed E-state index contributed by atoms with van der Waals surface area (Å²) in [6.45, 7) is 0. The fraction of sp³-hybridized carbons (Fsp3) is 0.200. The number of halogens is 1. The molecular formula is C10H10ClN3O4. The molecule has 0 bridgehead atoms. The zero-order valence-electron chi connectivity index (χ0n) is 9.09. The Morgan fingerprint density at radius 2 is 2.17 bits per heavy atom. The van der Waals surface area contributed by atoms with Crippen LogP contribution in [0, 0.1) is 0 Å². The molecule has 0 fully saturated rings. The average molecular weight is 272 g/mol. The number of carbonyl (C=O) groups is 3. The lowest BCUT2D eigenvalue weighted by Gasteiger charge is -2.13. The van der Waals surface area contributed by atoms with Crippen LogP contribution in [-0.2, 0) is 9.59 Å². The normalized spacial score (nSPS) is 11.6. The first-order chi connectivity index (χ1) is 8.41. The fourth-order valence-electron chi connectivity index (χ4n) is 1.18. The first-order valence-electron chi connectivity index (χ1n) is 4.83. The summed E-state index contributed by atoms with van der Waals surface area (Å²) >= 11 is 5.75. The summed E-state index contributed by atoms with van der Waals surface area (Å²) in [5.74, 6) is -2.93. The van der Waals surface area contributed by atoms with Crippen LogP contribution >= 0.6 is 11.6 Å². The number of pyridine rings is 1. The summed E-state index contributed by atoms with van der Waals surface area (Å²) < 4.78 is 0. The van der Waals surface area contributed by atoms with Crippen LogP contribution in [-0.4, -0.2) is 33.9 Å². The van der Waals surface area contributed by atoms with Crippen LogP contribution in [0.2, 0.25) is 5.02 Å². The van der Waals surface area contributed by atoms with Crippen molar-refractivity contribution in [3.63, 3.8) is 0 Å². The third-order valence-electron chi connectivity index (χ3n) is 2.02. The number of carbonyl (C=O) groups excluding carboxylic acids is 2. The SMILES string of the molecule is NC(=O)CC(NC(=O)c1cnccc1Cl)C(=O)O. The summed E-state index contributed by atoms with van der Waals surface area (Å²) in [4.78, 5) is 36.9. The van der Waals surface area contributed by atoms with E-state index >= 15 is 0 Å². The highest BCUT2D eigenvalue weighted by Gasteiger charge is 2.23. The van der Waals surface area contributed by atoms with E-state index in [-0.39, 0.29) is 10.6 Å². The van der Waals surface area contributed by atoms with E-state index in [4.69, 9.17) is 22.4 Å². The summed E-state index contributed by atoms with van der Waals surface area (Å²) in [5.41, 5.74) is 4.91. The van der Waals surface area contributed by atoms with E-state index in [0.717, 1.165) is 0 Å². The molecule has 1 aromatic heterocycles. The molecule has 0 aliphatic carbocycles. The predicted molar refractivity (Wildman–Crippen MR) is 61.9 cm³/mol. The summed E-state index contributed by atoms with van der Waals surface area (Å²) in [6.07, 6.45) is 2.08. The highest BCUT2D eigenvalue weighted by atomic mass is 35.5. The second-order valence-corrected chi connectivity index (χ2v) is 3.80. The molecule has 1 unspecified atom stereocenters. The Balaban J connectivity index is 2.82. The largest absolute Gasteiger partial charge is 0.480 e. The van der Waals surface area contributed by atoms with Crippen molar-refractivity contribution in [2.75, 3.05) is 0 Å². The van der Waals surface area contributed by atoms with Gasteiger partial charge in [-0.3, -0.25) is 14.6 Å². The molecule has 18 heavy (non-hydrogen) atoms. The molecule has 4 N–H and O–H groups in total. The number of nitrogens with zero attached hydrogens (tertiary/aromatic N) is 1. The number of aliphatic carboxylic acids is 1. The van der Waals surface area contributed by atoms with Gasteiger partial charge in [0.25, 0.3) is 5.91 Å². The number of amides is 2. The Labute approximate surface area is 107 Å². The van der Waals surface area contributed by atoms with E-state index < -0.39 is 30.2 Å². The lowest BCUT2D eigenvalue weighted by Crippen LogP contribution is -2.43. The van der Waals surface area contributed by atoms with Crippen LogP contribution < -0.4 is 11.1 Å². The summed E-state index contributed by atoms with van der Waals surface area (Å²) in [5, 5.41) is 11.1. The van der Waals surface area contributed by atoms with Crippen LogP contribution in [0.1, 0.15) is 16.8 Å². The number of carboxylic acid groups (broad SMARTS) is 1. The molecule has 1 heterocycles. The number of primary amides is 1. The van der Waals surface area contributed by atoms with E-state index in [2.05, 4.69) is 10.3 Å². The van der Waals surface area contributed by atoms with Gasteiger partial charge in [0.15, 0.2) is 0 Å². The van der Waals surface area contributed by atoms with Gasteiger partial charge in [-0.2, -0.15) is 0 Å². The highest BCUT2D eigenvalue weighted by molar-refractivity contribution is 6.33. The van der Waals surface area contributed by atoms with Crippen LogP contribution in [0.25, 0.3) is 0 Å². The standard InChI is InChI=1S/C10H10ClN3O4/c11-6-1-2-13-4-5(6)9(16)14-7(10(17)18)3-8(12)15/h1-2,4,7H,3H2,(H2,12,15)(H,14,16)(H,17,18). The quantitative estimate of drug-likeness (QED) is 0.684. The molecule has 1 rings (SSSR count). The molecule has 7 nitrogen and oxygen atoms in total. The van der Waals surface area contributed by atoms with E-state index in [9.17, 15) is 14.4 Å². The maximum Gasteiger partial charge on any atom is 0.326 e. The number of hydrogen-bond donors (Lipinski definition) is 3. The first-order valence-corrected chi connectivity index (χ1v) is 5.21. The summed E-state index contributed by atoms with van der Waals surface area (Å²) in [6, 6.07) is -0.00776. The molecule has 2 amide bonds. The smallest absolute Gasteiger partial charge is 0.326 e. The minimum absolute atomic E-state index is 0.0230. The molecule has 0 saturated heterocycles. The van der Waals surface area contributed by atoms with Crippen molar-refractivity contribution < 1.29 is 19.5 Å². The van der Waals surface area contributed by atoms with Gasteiger partial charge in [0.1, 0.15) is 6.04 Å². The predicted octanol–water partition coefficient (Wildman–Crippen LogP) is -0.207. The Bertz CT molecular complexity index is 492. The van der Waals surface area contributed by atoms with Gasteiger partial charge in [-0.15, -0.1) is 0 Å². The molecule has 8 heteroatoms. The molecule has 0 saturated carbocycles. The van der Waals surface area contributed by atoms with Crippen molar-refractivity contribution in [3.8, 4) is 0 Å². The van der Waals surface area contributed by atoms with Crippen LogP contribution in [0.5, 0.6) is 0 Å². The third-order valence-corrected chi connectivity index (χ3v) is 2.35. The van der Waals surface area contributed by atoms with E-state index in [1.807, 2.05) is 0 Å². The molecular weight excluding hydrogens is 262 g/mol. The zero-order valence-corrected chi connectivity index (χ0v) is 9.85. The van der Waals surface area contributed by atoms with Crippen LogP contribution in [0.4, 0.5) is 0 Å². The minimum Gasteiger partial charge on any atom is -0.480 e. The van der Waals surface area contributed by atoms with Crippen molar-refractivity contribution in [2.45, 2.75) is 12.5 Å². The van der Waals surface area contributed by atoms with Crippen LogP contribution in [0.3, 0.4) is 0 Å². The number of carboxylic acids is 1. The lowest BCUT2D eigenvalue weighted by atomic mass is 10.2. The summed E-state index contributed by atoms with van der Waals surface area (Å²) in [7, 11) is 0. The Hall–Kier alpha value is -2.15. The van der Waals surface area contributed by atoms with Gasteiger partial charge in [0.05, 0.1) is 17.0 Å². The van der Waals surface area contributed by atoms with Crippen molar-refractivity contribution in [2.24, 2.45) is 5.73 Å². The van der Waals surface area contributed by atoms with Crippen molar-refractivity contribution >= 4 is 29.4 Å². The minimum atomic E-state index is -1.40. The van der Waals surface area contributed by atoms with Gasteiger partial charge in [-0.1, -0.05) is 11.6 Å². The molecule has 1 aromatic rings. The number of hydrogen-bond acceptors (Lipinski definition) is 4. The van der Waals surface area contributed by atoms with E-state index in [0.29, 0.717) is 0 Å². The van der Waals surface area contributed by atoms with Gasteiger partial charge >= 0.3 is 5.97 Å². The zero-order chi connectivity index (χ0) is 13.7. The van der Waals surface area contributed by atoms with Gasteiger partial charge in [-0.25, -0.2) is 4.79 Å². The number of nitrogens with two attached hydrogens (primary N) is 1. The molecule has 0 spiro atoms. The molecule has 0 aromatic carbocycles. The lowest BCUT2D eigenvalue weighted by molar-refractivity contribution is -0.140. The van der Waals surface area contributed by atoms with Gasteiger partial charge in [0.2, 0.25) is 5.91 Å². The Morgan fingerprint density at radius 3 is 2.67 bits per heavy atom. The molecule has 0 aliphatic rings. The van der Waals surface area contributed by atoms with E-state index in [1.165, 1.54) is 18.5 Å². The maximum absolute atomic E-state index is 11.7. The maximum atomic E-state index is 11.7. The molecule has 0 aliphatic heterocycles. The highest BCUT2D eigenvalue weighted by Crippen LogP contribution is 2.13. The van der Waals surface area contributed by atoms with E-state index in [1.54, 1.807) is 0 Å². The molecule has 0 radical (unpaired) electrons.